The quantitative estimate of drug-likeness (QED) is 0.292. The third-order valence-corrected chi connectivity index (χ3v) is 6.44. The number of hydrogen-bond donors (Lipinski definition) is 2. The van der Waals surface area contributed by atoms with Gasteiger partial charge in [-0.2, -0.15) is 0 Å². The van der Waals surface area contributed by atoms with Crippen LogP contribution in [0.15, 0.2) is 55.1 Å². The molecule has 0 fully saturated rings. The number of carbonyl (C=O) groups is 2. The van der Waals surface area contributed by atoms with E-state index in [1.54, 1.807) is 6.07 Å². The fourth-order valence-corrected chi connectivity index (χ4v) is 4.62. The molecule has 37 heavy (non-hydrogen) atoms. The predicted octanol–water partition coefficient (Wildman–Crippen LogP) is 3.94. The van der Waals surface area contributed by atoms with Crippen LogP contribution in [0.2, 0.25) is 0 Å². The molecule has 0 atom stereocenters. The van der Waals surface area contributed by atoms with E-state index in [9.17, 15) is 19.7 Å². The summed E-state index contributed by atoms with van der Waals surface area (Å²) in [5.74, 6) is -0.313. The number of anilines is 1. The van der Waals surface area contributed by atoms with E-state index in [0.29, 0.717) is 45.6 Å². The van der Waals surface area contributed by atoms with Gasteiger partial charge in [0.2, 0.25) is 5.91 Å². The number of nitrogens with two attached hydrogens (primary N) is 1. The van der Waals surface area contributed by atoms with Crippen molar-refractivity contribution in [3.05, 3.63) is 82.0 Å². The minimum absolute atomic E-state index is 0.152. The number of nitrogens with one attached hydrogen (secondary N) is 1. The summed E-state index contributed by atoms with van der Waals surface area (Å²) >= 11 is 0. The minimum atomic E-state index is -0.651. The number of rotatable bonds is 7. The van der Waals surface area contributed by atoms with Gasteiger partial charge in [-0.25, -0.2) is 0 Å². The van der Waals surface area contributed by atoms with E-state index in [1.165, 1.54) is 29.2 Å². The first-order chi connectivity index (χ1) is 17.6. The van der Waals surface area contributed by atoms with Gasteiger partial charge in [0, 0.05) is 34.6 Å². The van der Waals surface area contributed by atoms with E-state index in [2.05, 4.69) is 11.6 Å². The average Bonchev–Trinajstić information content (AvgIpc) is 3.43. The molecule has 0 saturated carbocycles. The highest BCUT2D eigenvalue weighted by Gasteiger charge is 2.33. The SMILES string of the molecule is C=C1CN(C(=O)c2cc3cc(OCCN(C)C)ccc3[nH]2)c2cc([N+](=O)[O-])c3ccc(C(N)=O)cc3c21. The van der Waals surface area contributed by atoms with Crippen LogP contribution in [0.1, 0.15) is 26.4 Å². The van der Waals surface area contributed by atoms with E-state index < -0.39 is 10.8 Å². The lowest BCUT2D eigenvalue weighted by Gasteiger charge is -2.16. The molecule has 4 aromatic rings. The van der Waals surface area contributed by atoms with Gasteiger partial charge in [-0.1, -0.05) is 6.58 Å². The molecule has 0 bridgehead atoms. The zero-order chi connectivity index (χ0) is 26.4. The Labute approximate surface area is 212 Å². The van der Waals surface area contributed by atoms with Crippen molar-refractivity contribution in [1.82, 2.24) is 9.88 Å². The van der Waals surface area contributed by atoms with Crippen LogP contribution in [-0.4, -0.2) is 60.4 Å². The fraction of sp³-hybridized carbons (Fsp3) is 0.185. The number of benzene rings is 3. The van der Waals surface area contributed by atoms with Gasteiger partial charge < -0.3 is 25.3 Å². The highest BCUT2D eigenvalue weighted by atomic mass is 16.6. The number of carbonyl (C=O) groups excluding carboxylic acids is 2. The normalized spacial score (nSPS) is 12.9. The van der Waals surface area contributed by atoms with Gasteiger partial charge in [-0.15, -0.1) is 0 Å². The molecular weight excluding hydrogens is 474 g/mol. The highest BCUT2D eigenvalue weighted by Crippen LogP contribution is 2.44. The Morgan fingerprint density at radius 2 is 1.95 bits per heavy atom. The molecule has 10 heteroatoms. The Morgan fingerprint density at radius 3 is 2.65 bits per heavy atom. The number of H-pyrrole nitrogens is 1. The number of amides is 2. The molecule has 0 spiro atoms. The van der Waals surface area contributed by atoms with Gasteiger partial charge in [0.05, 0.1) is 22.5 Å². The molecule has 0 unspecified atom stereocenters. The number of ether oxygens (including phenoxy) is 1. The third kappa shape index (κ3) is 4.27. The standard InChI is InChI=1S/C27H25N5O5/c1-15-14-31(24-13-23(32(35)36)19-6-4-16(26(28)33)11-20(19)25(15)24)27(34)22-12-17-10-18(5-7-21(17)29-22)37-9-8-30(2)3/h4-7,10-13,29H,1,8-9,14H2,2-3H3,(H2,28,33). The Balaban J connectivity index is 1.54. The summed E-state index contributed by atoms with van der Waals surface area (Å²) in [6.07, 6.45) is 0. The maximum atomic E-state index is 13.6. The molecule has 188 valence electrons. The number of hydrogen-bond acceptors (Lipinski definition) is 6. The number of primary amides is 1. The van der Waals surface area contributed by atoms with E-state index in [4.69, 9.17) is 10.5 Å². The molecule has 10 nitrogen and oxygen atoms in total. The van der Waals surface area contributed by atoms with Crippen LogP contribution in [0.5, 0.6) is 5.75 Å². The van der Waals surface area contributed by atoms with Crippen LogP contribution in [0.4, 0.5) is 11.4 Å². The summed E-state index contributed by atoms with van der Waals surface area (Å²) in [6, 6.07) is 13.1. The van der Waals surface area contributed by atoms with Crippen molar-refractivity contribution < 1.29 is 19.2 Å². The molecule has 1 aromatic heterocycles. The van der Waals surface area contributed by atoms with Gasteiger partial charge in [-0.3, -0.25) is 19.7 Å². The van der Waals surface area contributed by atoms with Crippen LogP contribution in [0.3, 0.4) is 0 Å². The maximum absolute atomic E-state index is 13.6. The smallest absolute Gasteiger partial charge is 0.279 e. The zero-order valence-electron chi connectivity index (χ0n) is 20.4. The van der Waals surface area contributed by atoms with Crippen LogP contribution in [0.25, 0.3) is 27.2 Å². The molecule has 0 saturated heterocycles. The maximum Gasteiger partial charge on any atom is 0.279 e. The van der Waals surface area contributed by atoms with Crippen molar-refractivity contribution in [1.29, 1.82) is 0 Å². The van der Waals surface area contributed by atoms with Crippen LogP contribution in [-0.2, 0) is 0 Å². The molecular formula is C27H25N5O5. The summed E-state index contributed by atoms with van der Waals surface area (Å²) in [5.41, 5.74) is 8.14. The lowest BCUT2D eigenvalue weighted by Crippen LogP contribution is -2.28. The summed E-state index contributed by atoms with van der Waals surface area (Å²) in [7, 11) is 3.94. The molecule has 1 aliphatic rings. The summed E-state index contributed by atoms with van der Waals surface area (Å²) < 4.78 is 5.80. The van der Waals surface area contributed by atoms with Crippen LogP contribution >= 0.6 is 0 Å². The third-order valence-electron chi connectivity index (χ3n) is 6.44. The van der Waals surface area contributed by atoms with Crippen molar-refractivity contribution in [2.75, 3.05) is 38.7 Å². The molecule has 2 heterocycles. The van der Waals surface area contributed by atoms with E-state index >= 15 is 0 Å². The van der Waals surface area contributed by atoms with Gasteiger partial charge in [-0.05, 0) is 67.5 Å². The van der Waals surface area contributed by atoms with Crippen molar-refractivity contribution in [3.8, 4) is 5.75 Å². The number of nitro groups is 1. The van der Waals surface area contributed by atoms with Gasteiger partial charge in [0.25, 0.3) is 11.6 Å². The molecule has 0 aliphatic carbocycles. The minimum Gasteiger partial charge on any atom is -0.492 e. The Hall–Kier alpha value is -4.70. The first kappa shape index (κ1) is 24.0. The van der Waals surface area contributed by atoms with E-state index in [0.717, 1.165) is 17.4 Å². The summed E-state index contributed by atoms with van der Waals surface area (Å²) in [5, 5.41) is 13.5. The van der Waals surface area contributed by atoms with Gasteiger partial charge in [0.1, 0.15) is 18.1 Å². The van der Waals surface area contributed by atoms with E-state index in [-0.39, 0.29) is 23.7 Å². The molecule has 2 amide bonds. The van der Waals surface area contributed by atoms with Crippen LogP contribution < -0.4 is 15.4 Å². The molecule has 3 N–H and O–H groups in total. The predicted molar refractivity (Wildman–Crippen MR) is 142 cm³/mol. The zero-order valence-corrected chi connectivity index (χ0v) is 20.4. The summed E-state index contributed by atoms with van der Waals surface area (Å²) in [6.45, 7) is 5.56. The number of likely N-dealkylation sites (N-methyl/N-ethyl adjacent to an activating group) is 1. The number of nitrogens with zero attached hydrogens (tertiary/aromatic N) is 3. The average molecular weight is 500 g/mol. The summed E-state index contributed by atoms with van der Waals surface area (Å²) in [4.78, 5) is 43.4. The number of nitro benzene ring substituents is 1. The fourth-order valence-electron chi connectivity index (χ4n) is 4.62. The van der Waals surface area contributed by atoms with Crippen LogP contribution in [0, 0.1) is 10.1 Å². The molecule has 3 aromatic carbocycles. The Morgan fingerprint density at radius 1 is 1.16 bits per heavy atom. The molecule has 5 rings (SSSR count). The lowest BCUT2D eigenvalue weighted by molar-refractivity contribution is -0.383. The second-order valence-electron chi connectivity index (χ2n) is 9.25. The van der Waals surface area contributed by atoms with Gasteiger partial charge in [0.15, 0.2) is 0 Å². The second-order valence-corrected chi connectivity index (χ2v) is 9.25. The van der Waals surface area contributed by atoms with Crippen molar-refractivity contribution >= 4 is 50.4 Å². The van der Waals surface area contributed by atoms with Crippen molar-refractivity contribution in [2.24, 2.45) is 5.73 Å². The number of non-ortho nitro benzene ring substituents is 1. The van der Waals surface area contributed by atoms with E-state index in [1.807, 2.05) is 37.2 Å². The van der Waals surface area contributed by atoms with Crippen molar-refractivity contribution in [2.45, 2.75) is 0 Å². The number of aromatic nitrogens is 1. The number of fused-ring (bicyclic) bond motifs is 4. The first-order valence-electron chi connectivity index (χ1n) is 11.6. The Bertz CT molecular complexity index is 1620. The highest BCUT2D eigenvalue weighted by molar-refractivity contribution is 6.17. The Kier molecular flexibility index (Phi) is 5.88. The second kappa shape index (κ2) is 9.07. The van der Waals surface area contributed by atoms with Gasteiger partial charge >= 0.3 is 0 Å². The number of aromatic amines is 1. The first-order valence-corrected chi connectivity index (χ1v) is 11.6. The largest absolute Gasteiger partial charge is 0.492 e. The topological polar surface area (TPSA) is 135 Å². The molecule has 0 radical (unpaired) electrons. The lowest BCUT2D eigenvalue weighted by atomic mass is 9.96. The monoisotopic (exact) mass is 499 g/mol. The van der Waals surface area contributed by atoms with Crippen molar-refractivity contribution in [3.63, 3.8) is 0 Å². The molecule has 1 aliphatic heterocycles.